The first kappa shape index (κ1) is 12.5. The third kappa shape index (κ3) is 3.81. The second-order valence-electron chi connectivity index (χ2n) is 4.56. The lowest BCUT2D eigenvalue weighted by Crippen LogP contribution is -2.04. The quantitative estimate of drug-likeness (QED) is 0.802. The van der Waals surface area contributed by atoms with Crippen LogP contribution in [0.2, 0.25) is 0 Å². The molecule has 18 heavy (non-hydrogen) atoms. The molecule has 0 bridgehead atoms. The van der Waals surface area contributed by atoms with Crippen LogP contribution < -0.4 is 0 Å². The Kier molecular flexibility index (Phi) is 4.24. The van der Waals surface area contributed by atoms with Crippen LogP contribution in [-0.4, -0.2) is 10.8 Å². The van der Waals surface area contributed by atoms with E-state index in [1.54, 1.807) is 12.4 Å². The average Bonchev–Trinajstić information content (AvgIpc) is 2.39. The van der Waals surface area contributed by atoms with E-state index in [9.17, 15) is 4.79 Å². The molecule has 1 aromatic heterocycles. The summed E-state index contributed by atoms with van der Waals surface area (Å²) in [6.45, 7) is 2.07. The van der Waals surface area contributed by atoms with E-state index in [1.165, 1.54) is 11.1 Å². The predicted octanol–water partition coefficient (Wildman–Crippen LogP) is 3.13. The lowest BCUT2D eigenvalue weighted by atomic mass is 10.0. The summed E-state index contributed by atoms with van der Waals surface area (Å²) in [5.74, 6) is 0.279. The second-order valence-corrected chi connectivity index (χ2v) is 4.56. The van der Waals surface area contributed by atoms with Gasteiger partial charge in [0.25, 0.3) is 0 Å². The molecule has 2 heteroatoms. The molecule has 2 nitrogen and oxygen atoms in total. The third-order valence-electron chi connectivity index (χ3n) is 2.96. The van der Waals surface area contributed by atoms with E-state index < -0.39 is 0 Å². The zero-order valence-electron chi connectivity index (χ0n) is 10.6. The Labute approximate surface area is 108 Å². The van der Waals surface area contributed by atoms with Crippen molar-refractivity contribution in [3.63, 3.8) is 0 Å². The monoisotopic (exact) mass is 239 g/mol. The molecule has 1 aromatic carbocycles. The van der Waals surface area contributed by atoms with Crippen LogP contribution >= 0.6 is 0 Å². The molecule has 0 fully saturated rings. The standard InChI is InChI=1S/C16H17NO/c1-13-2-4-14(5-3-13)6-7-16(18)12-15-8-10-17-11-9-15/h2-5,8-11H,6-7,12H2,1H3. The van der Waals surface area contributed by atoms with Crippen molar-refractivity contribution in [2.75, 3.05) is 0 Å². The van der Waals surface area contributed by atoms with Crippen LogP contribution in [0.25, 0.3) is 0 Å². The lowest BCUT2D eigenvalue weighted by Gasteiger charge is -2.02. The maximum absolute atomic E-state index is 11.8. The number of aryl methyl sites for hydroxylation is 2. The molecule has 0 saturated carbocycles. The summed E-state index contributed by atoms with van der Waals surface area (Å²) in [7, 11) is 0. The minimum absolute atomic E-state index is 0.279. The Morgan fingerprint density at radius 2 is 1.67 bits per heavy atom. The molecular weight excluding hydrogens is 222 g/mol. The SMILES string of the molecule is Cc1ccc(CCC(=O)Cc2ccncc2)cc1. The summed E-state index contributed by atoms with van der Waals surface area (Å²) < 4.78 is 0. The molecule has 0 N–H and O–H groups in total. The molecule has 2 aromatic rings. The van der Waals surface area contributed by atoms with Crippen LogP contribution in [0.15, 0.2) is 48.8 Å². The number of benzene rings is 1. The first-order chi connectivity index (χ1) is 8.74. The number of rotatable bonds is 5. The Balaban J connectivity index is 1.83. The molecule has 0 aliphatic carbocycles. The summed E-state index contributed by atoms with van der Waals surface area (Å²) >= 11 is 0. The average molecular weight is 239 g/mol. The normalized spacial score (nSPS) is 10.3. The number of pyridine rings is 1. The molecule has 0 aliphatic heterocycles. The minimum Gasteiger partial charge on any atom is -0.299 e. The molecule has 92 valence electrons. The van der Waals surface area contributed by atoms with Gasteiger partial charge in [0.15, 0.2) is 0 Å². The molecule has 0 spiro atoms. The van der Waals surface area contributed by atoms with Gasteiger partial charge >= 0.3 is 0 Å². The molecular formula is C16H17NO. The van der Waals surface area contributed by atoms with Gasteiger partial charge in [-0.3, -0.25) is 9.78 Å². The number of Topliss-reactive ketones (excluding diaryl/α,β-unsaturated/α-hetero) is 1. The molecule has 0 aliphatic rings. The third-order valence-corrected chi connectivity index (χ3v) is 2.96. The minimum atomic E-state index is 0.279. The fraction of sp³-hybridized carbons (Fsp3) is 0.250. The van der Waals surface area contributed by atoms with E-state index in [1.807, 2.05) is 12.1 Å². The van der Waals surface area contributed by atoms with Crippen LogP contribution in [0.3, 0.4) is 0 Å². The van der Waals surface area contributed by atoms with Crippen molar-refractivity contribution in [2.45, 2.75) is 26.2 Å². The molecule has 0 unspecified atom stereocenters. The number of carbonyl (C=O) groups is 1. The summed E-state index contributed by atoms with van der Waals surface area (Å²) in [6, 6.07) is 12.1. The largest absolute Gasteiger partial charge is 0.299 e. The van der Waals surface area contributed by atoms with E-state index in [0.717, 1.165) is 12.0 Å². The van der Waals surface area contributed by atoms with Crippen LogP contribution in [0.1, 0.15) is 23.1 Å². The molecule has 2 rings (SSSR count). The van der Waals surface area contributed by atoms with Crippen molar-refractivity contribution in [1.29, 1.82) is 0 Å². The molecule has 0 radical (unpaired) electrons. The van der Waals surface area contributed by atoms with Gasteiger partial charge in [-0.2, -0.15) is 0 Å². The molecule has 1 heterocycles. The summed E-state index contributed by atoms with van der Waals surface area (Å²) in [5, 5.41) is 0. The highest BCUT2D eigenvalue weighted by Gasteiger charge is 2.04. The highest BCUT2D eigenvalue weighted by atomic mass is 16.1. The smallest absolute Gasteiger partial charge is 0.137 e. The van der Waals surface area contributed by atoms with Crippen molar-refractivity contribution in [1.82, 2.24) is 4.98 Å². The Hall–Kier alpha value is -1.96. The fourth-order valence-electron chi connectivity index (χ4n) is 1.86. The van der Waals surface area contributed by atoms with Gasteiger partial charge in [-0.1, -0.05) is 29.8 Å². The van der Waals surface area contributed by atoms with Crippen LogP contribution in [0.4, 0.5) is 0 Å². The second kappa shape index (κ2) is 6.10. The van der Waals surface area contributed by atoms with Gasteiger partial charge in [-0.25, -0.2) is 0 Å². The molecule has 0 amide bonds. The zero-order valence-corrected chi connectivity index (χ0v) is 10.6. The van der Waals surface area contributed by atoms with Gasteiger partial charge in [0.05, 0.1) is 0 Å². The van der Waals surface area contributed by atoms with E-state index in [-0.39, 0.29) is 5.78 Å². The van der Waals surface area contributed by atoms with Gasteiger partial charge < -0.3 is 0 Å². The van der Waals surface area contributed by atoms with Gasteiger partial charge in [0.1, 0.15) is 5.78 Å². The van der Waals surface area contributed by atoms with Gasteiger partial charge in [0.2, 0.25) is 0 Å². The Morgan fingerprint density at radius 1 is 1.00 bits per heavy atom. The number of ketones is 1. The van der Waals surface area contributed by atoms with E-state index >= 15 is 0 Å². The number of aromatic nitrogens is 1. The number of hydrogen-bond donors (Lipinski definition) is 0. The van der Waals surface area contributed by atoms with Crippen molar-refractivity contribution < 1.29 is 4.79 Å². The van der Waals surface area contributed by atoms with E-state index in [4.69, 9.17) is 0 Å². The van der Waals surface area contributed by atoms with Gasteiger partial charge in [-0.15, -0.1) is 0 Å². The Bertz CT molecular complexity index is 502. The van der Waals surface area contributed by atoms with Crippen LogP contribution in [-0.2, 0) is 17.6 Å². The first-order valence-corrected chi connectivity index (χ1v) is 6.20. The van der Waals surface area contributed by atoms with E-state index in [2.05, 4.69) is 36.2 Å². The topological polar surface area (TPSA) is 30.0 Å². The fourth-order valence-corrected chi connectivity index (χ4v) is 1.86. The summed E-state index contributed by atoms with van der Waals surface area (Å²) in [4.78, 5) is 15.8. The highest BCUT2D eigenvalue weighted by Crippen LogP contribution is 2.08. The lowest BCUT2D eigenvalue weighted by molar-refractivity contribution is -0.118. The van der Waals surface area contributed by atoms with Gasteiger partial charge in [0, 0.05) is 25.2 Å². The van der Waals surface area contributed by atoms with Crippen molar-refractivity contribution in [3.05, 3.63) is 65.5 Å². The van der Waals surface area contributed by atoms with Crippen molar-refractivity contribution in [3.8, 4) is 0 Å². The predicted molar refractivity (Wildman–Crippen MR) is 72.4 cm³/mol. The summed E-state index contributed by atoms with van der Waals surface area (Å²) in [6.07, 6.45) is 5.38. The van der Waals surface area contributed by atoms with Crippen LogP contribution in [0, 0.1) is 6.92 Å². The number of nitrogens with zero attached hydrogens (tertiary/aromatic N) is 1. The van der Waals surface area contributed by atoms with Crippen molar-refractivity contribution in [2.24, 2.45) is 0 Å². The molecule has 0 saturated heterocycles. The Morgan fingerprint density at radius 3 is 2.33 bits per heavy atom. The maximum atomic E-state index is 11.8. The maximum Gasteiger partial charge on any atom is 0.137 e. The van der Waals surface area contributed by atoms with Crippen LogP contribution in [0.5, 0.6) is 0 Å². The zero-order chi connectivity index (χ0) is 12.8. The number of carbonyl (C=O) groups excluding carboxylic acids is 1. The number of hydrogen-bond acceptors (Lipinski definition) is 2. The molecule has 0 atom stereocenters. The summed E-state index contributed by atoms with van der Waals surface area (Å²) in [5.41, 5.74) is 3.52. The van der Waals surface area contributed by atoms with E-state index in [0.29, 0.717) is 12.8 Å². The van der Waals surface area contributed by atoms with Gasteiger partial charge in [-0.05, 0) is 36.6 Å². The highest BCUT2D eigenvalue weighted by molar-refractivity contribution is 5.81. The van der Waals surface area contributed by atoms with Crippen molar-refractivity contribution >= 4 is 5.78 Å². The first-order valence-electron chi connectivity index (χ1n) is 6.20.